The highest BCUT2D eigenvalue weighted by atomic mass is 35.5. The van der Waals surface area contributed by atoms with Gasteiger partial charge in [-0.05, 0) is 36.0 Å². The summed E-state index contributed by atoms with van der Waals surface area (Å²) in [5.41, 5.74) is 0.260. The van der Waals surface area contributed by atoms with Crippen molar-refractivity contribution in [1.82, 2.24) is 5.32 Å². The highest BCUT2D eigenvalue weighted by molar-refractivity contribution is 6.30. The zero-order valence-corrected chi connectivity index (χ0v) is 12.7. The topological polar surface area (TPSA) is 49.3 Å². The molecule has 3 nitrogen and oxygen atoms in total. The van der Waals surface area contributed by atoms with Gasteiger partial charge in [0.2, 0.25) is 0 Å². The molecule has 1 rings (SSSR count). The molecule has 0 spiro atoms. The Balaban J connectivity index is 2.69. The molecular weight excluding hydrogens is 262 g/mol. The third-order valence-electron chi connectivity index (χ3n) is 3.42. The van der Waals surface area contributed by atoms with Gasteiger partial charge in [-0.2, -0.15) is 0 Å². The number of halogens is 1. The minimum Gasteiger partial charge on any atom is -0.507 e. The van der Waals surface area contributed by atoms with E-state index in [1.54, 1.807) is 6.07 Å². The van der Waals surface area contributed by atoms with Gasteiger partial charge in [0.15, 0.2) is 0 Å². The monoisotopic (exact) mass is 283 g/mol. The molecule has 0 bridgehead atoms. The number of phenolic OH excluding ortho intramolecular Hbond substituents is 1. The maximum Gasteiger partial charge on any atom is 0.255 e. The molecule has 0 saturated heterocycles. The highest BCUT2D eigenvalue weighted by Crippen LogP contribution is 2.23. The molecule has 1 amide bonds. The zero-order chi connectivity index (χ0) is 14.6. The molecule has 0 aliphatic carbocycles. The Morgan fingerprint density at radius 2 is 1.84 bits per heavy atom. The number of carbonyl (C=O) groups is 1. The third kappa shape index (κ3) is 4.43. The van der Waals surface area contributed by atoms with Gasteiger partial charge in [0.1, 0.15) is 5.75 Å². The number of hydrogen-bond donors (Lipinski definition) is 2. The first-order valence-corrected chi connectivity index (χ1v) is 6.97. The average Bonchev–Trinajstić information content (AvgIpc) is 2.27. The van der Waals surface area contributed by atoms with E-state index in [0.717, 1.165) is 0 Å². The summed E-state index contributed by atoms with van der Waals surface area (Å²) in [6, 6.07) is 4.50. The van der Waals surface area contributed by atoms with Crippen LogP contribution in [-0.2, 0) is 0 Å². The molecule has 0 radical (unpaired) electrons. The fraction of sp³-hybridized carbons (Fsp3) is 0.533. The molecule has 0 unspecified atom stereocenters. The lowest BCUT2D eigenvalue weighted by Crippen LogP contribution is -2.33. The number of carbonyl (C=O) groups excluding carboxylic acids is 1. The quantitative estimate of drug-likeness (QED) is 0.865. The fourth-order valence-electron chi connectivity index (χ4n) is 2.24. The summed E-state index contributed by atoms with van der Waals surface area (Å²) in [5.74, 6) is 1.06. The Bertz CT molecular complexity index is 436. The van der Waals surface area contributed by atoms with Gasteiger partial charge in [-0.1, -0.05) is 39.3 Å². The number of rotatable bonds is 5. The van der Waals surface area contributed by atoms with Gasteiger partial charge in [0, 0.05) is 11.6 Å². The second-order valence-electron chi connectivity index (χ2n) is 5.52. The smallest absolute Gasteiger partial charge is 0.255 e. The fourth-order valence-corrected chi connectivity index (χ4v) is 2.41. The molecule has 4 heteroatoms. The van der Waals surface area contributed by atoms with E-state index in [1.807, 2.05) is 0 Å². The number of nitrogens with one attached hydrogen (secondary N) is 1. The van der Waals surface area contributed by atoms with Crippen LogP contribution in [0, 0.1) is 17.8 Å². The van der Waals surface area contributed by atoms with Crippen molar-refractivity contribution in [2.75, 3.05) is 6.54 Å². The van der Waals surface area contributed by atoms with Crippen molar-refractivity contribution >= 4 is 17.5 Å². The van der Waals surface area contributed by atoms with E-state index in [1.165, 1.54) is 12.1 Å². The lowest BCUT2D eigenvalue weighted by molar-refractivity contribution is 0.0934. The summed E-state index contributed by atoms with van der Waals surface area (Å²) in [5, 5.41) is 13.0. The largest absolute Gasteiger partial charge is 0.507 e. The van der Waals surface area contributed by atoms with Gasteiger partial charge in [-0.3, -0.25) is 4.79 Å². The first-order valence-electron chi connectivity index (χ1n) is 6.59. The van der Waals surface area contributed by atoms with Crippen LogP contribution in [0.1, 0.15) is 38.1 Å². The van der Waals surface area contributed by atoms with E-state index < -0.39 is 0 Å². The van der Waals surface area contributed by atoms with E-state index in [-0.39, 0.29) is 17.2 Å². The van der Waals surface area contributed by atoms with Gasteiger partial charge in [0.05, 0.1) is 5.56 Å². The van der Waals surface area contributed by atoms with Crippen LogP contribution in [0.3, 0.4) is 0 Å². The lowest BCUT2D eigenvalue weighted by atomic mass is 9.85. The number of benzene rings is 1. The molecule has 19 heavy (non-hydrogen) atoms. The van der Waals surface area contributed by atoms with Crippen molar-refractivity contribution in [3.8, 4) is 5.75 Å². The van der Waals surface area contributed by atoms with Gasteiger partial charge < -0.3 is 10.4 Å². The first-order chi connectivity index (χ1) is 8.82. The highest BCUT2D eigenvalue weighted by Gasteiger charge is 2.19. The number of phenols is 1. The van der Waals surface area contributed by atoms with Crippen LogP contribution in [0.5, 0.6) is 5.75 Å². The molecule has 106 valence electrons. The molecule has 1 aromatic carbocycles. The van der Waals surface area contributed by atoms with E-state index >= 15 is 0 Å². The molecule has 0 saturated carbocycles. The van der Waals surface area contributed by atoms with Gasteiger partial charge >= 0.3 is 0 Å². The minimum atomic E-state index is -0.263. The number of hydrogen-bond acceptors (Lipinski definition) is 2. The van der Waals surface area contributed by atoms with Gasteiger partial charge in [0.25, 0.3) is 5.91 Å². The SMILES string of the molecule is CC(C)C(CNC(=O)c1ccc(Cl)cc1O)C(C)C. The second-order valence-corrected chi connectivity index (χ2v) is 5.96. The molecule has 0 aliphatic rings. The van der Waals surface area contributed by atoms with E-state index in [0.29, 0.717) is 29.3 Å². The van der Waals surface area contributed by atoms with Crippen molar-refractivity contribution in [2.24, 2.45) is 17.8 Å². The minimum absolute atomic E-state index is 0.0874. The maximum absolute atomic E-state index is 12.0. The zero-order valence-electron chi connectivity index (χ0n) is 11.9. The predicted octanol–water partition coefficient (Wildman–Crippen LogP) is 3.70. The van der Waals surface area contributed by atoms with Crippen LogP contribution in [-0.4, -0.2) is 17.6 Å². The van der Waals surface area contributed by atoms with Crippen LogP contribution >= 0.6 is 11.6 Å². The number of aromatic hydroxyl groups is 1. The molecule has 2 N–H and O–H groups in total. The van der Waals surface area contributed by atoms with Crippen molar-refractivity contribution in [2.45, 2.75) is 27.7 Å². The Morgan fingerprint density at radius 1 is 1.26 bits per heavy atom. The van der Waals surface area contributed by atoms with Gasteiger partial charge in [-0.15, -0.1) is 0 Å². The van der Waals surface area contributed by atoms with E-state index in [2.05, 4.69) is 33.0 Å². The standard InChI is InChI=1S/C15H22ClNO2/c1-9(2)13(10(3)4)8-17-15(19)12-6-5-11(16)7-14(12)18/h5-7,9-10,13,18H,8H2,1-4H3,(H,17,19). The average molecular weight is 284 g/mol. The van der Waals surface area contributed by atoms with E-state index in [9.17, 15) is 9.90 Å². The summed E-state index contributed by atoms with van der Waals surface area (Å²) in [4.78, 5) is 12.0. The molecule has 0 aliphatic heterocycles. The van der Waals surface area contributed by atoms with Crippen molar-refractivity contribution in [1.29, 1.82) is 0 Å². The van der Waals surface area contributed by atoms with Crippen LogP contribution in [0.4, 0.5) is 0 Å². The third-order valence-corrected chi connectivity index (χ3v) is 3.65. The number of amides is 1. The van der Waals surface area contributed by atoms with Crippen molar-refractivity contribution in [3.05, 3.63) is 28.8 Å². The van der Waals surface area contributed by atoms with Crippen molar-refractivity contribution < 1.29 is 9.90 Å². The summed E-state index contributed by atoms with van der Waals surface area (Å²) in [6.45, 7) is 9.20. The Labute approximate surface area is 120 Å². The van der Waals surface area contributed by atoms with Crippen LogP contribution in [0.15, 0.2) is 18.2 Å². The second kappa shape index (κ2) is 6.80. The van der Waals surface area contributed by atoms with Crippen LogP contribution < -0.4 is 5.32 Å². The first kappa shape index (κ1) is 15.8. The van der Waals surface area contributed by atoms with Crippen LogP contribution in [0.2, 0.25) is 5.02 Å². The molecule has 0 atom stereocenters. The summed E-state index contributed by atoms with van der Waals surface area (Å²) in [7, 11) is 0. The van der Waals surface area contributed by atoms with E-state index in [4.69, 9.17) is 11.6 Å². The predicted molar refractivity (Wildman–Crippen MR) is 78.6 cm³/mol. The Morgan fingerprint density at radius 3 is 2.32 bits per heavy atom. The maximum atomic E-state index is 12.0. The molecular formula is C15H22ClNO2. The summed E-state index contributed by atoms with van der Waals surface area (Å²) in [6.07, 6.45) is 0. The normalized spacial score (nSPS) is 11.4. The Hall–Kier alpha value is -1.22. The molecule has 0 fully saturated rings. The van der Waals surface area contributed by atoms with Crippen LogP contribution in [0.25, 0.3) is 0 Å². The molecule has 0 heterocycles. The molecule has 0 aromatic heterocycles. The molecule has 1 aromatic rings. The summed E-state index contributed by atoms with van der Waals surface area (Å²) >= 11 is 5.74. The van der Waals surface area contributed by atoms with Crippen molar-refractivity contribution in [3.63, 3.8) is 0 Å². The summed E-state index contributed by atoms with van der Waals surface area (Å²) < 4.78 is 0. The van der Waals surface area contributed by atoms with Gasteiger partial charge in [-0.25, -0.2) is 0 Å². The Kier molecular flexibility index (Phi) is 5.67. The lowest BCUT2D eigenvalue weighted by Gasteiger charge is -2.25.